The Balaban J connectivity index is 1.60. The van der Waals surface area contributed by atoms with Gasteiger partial charge in [0.15, 0.2) is 5.78 Å². The van der Waals surface area contributed by atoms with Crippen LogP contribution in [0, 0.1) is 5.92 Å². The summed E-state index contributed by atoms with van der Waals surface area (Å²) >= 11 is 0. The quantitative estimate of drug-likeness (QED) is 0.728. The fraction of sp³-hybridized carbons (Fsp3) is 0.350. The highest BCUT2D eigenvalue weighted by atomic mass is 32.2. The minimum atomic E-state index is -3.57. The summed E-state index contributed by atoms with van der Waals surface area (Å²) in [4.78, 5) is 11.7. The molecule has 1 saturated heterocycles. The summed E-state index contributed by atoms with van der Waals surface area (Å²) in [5, 5.41) is 0. The van der Waals surface area contributed by atoms with Gasteiger partial charge in [0, 0.05) is 18.7 Å². The molecule has 0 amide bonds. The molecule has 0 N–H and O–H groups in total. The van der Waals surface area contributed by atoms with Crippen molar-refractivity contribution in [1.29, 1.82) is 0 Å². The molecule has 0 radical (unpaired) electrons. The maximum atomic E-state index is 12.8. The zero-order valence-electron chi connectivity index (χ0n) is 14.8. The monoisotopic (exact) mass is 373 g/mol. The van der Waals surface area contributed by atoms with Crippen molar-refractivity contribution in [3.05, 3.63) is 60.2 Å². The van der Waals surface area contributed by atoms with E-state index in [1.54, 1.807) is 18.2 Å². The summed E-state index contributed by atoms with van der Waals surface area (Å²) in [5.74, 6) is 1.03. The molecule has 1 heterocycles. The average molecular weight is 373 g/mol. The Kier molecular flexibility index (Phi) is 5.74. The van der Waals surface area contributed by atoms with Crippen molar-refractivity contribution >= 4 is 15.8 Å². The molecule has 0 spiro atoms. The second kappa shape index (κ2) is 8.01. The number of carbonyl (C=O) groups excluding carboxylic acids is 1. The molecule has 3 rings (SSSR count). The minimum absolute atomic E-state index is 0.140. The highest BCUT2D eigenvalue weighted by Gasteiger charge is 2.29. The standard InChI is InChI=1S/C20H23NO4S/c1-16(22)18-6-5-9-20(14-18)26(23,24)21-12-10-17(11-13-21)15-25-19-7-3-2-4-8-19/h2-9,14,17H,10-13,15H2,1H3. The number of nitrogens with zero attached hydrogens (tertiary/aromatic N) is 1. The highest BCUT2D eigenvalue weighted by Crippen LogP contribution is 2.25. The van der Waals surface area contributed by atoms with E-state index in [1.165, 1.54) is 17.3 Å². The van der Waals surface area contributed by atoms with Crippen LogP contribution in [0.3, 0.4) is 0 Å². The molecule has 5 nitrogen and oxygen atoms in total. The average Bonchev–Trinajstić information content (AvgIpc) is 2.67. The first-order valence-electron chi connectivity index (χ1n) is 8.76. The molecule has 2 aromatic carbocycles. The van der Waals surface area contributed by atoms with Gasteiger partial charge < -0.3 is 4.74 Å². The lowest BCUT2D eigenvalue weighted by Gasteiger charge is -2.31. The predicted molar refractivity (Wildman–Crippen MR) is 99.9 cm³/mol. The molecule has 1 aliphatic heterocycles. The topological polar surface area (TPSA) is 63.7 Å². The Labute approximate surface area is 154 Å². The third-order valence-corrected chi connectivity index (χ3v) is 6.58. The lowest BCUT2D eigenvalue weighted by atomic mass is 9.99. The zero-order chi connectivity index (χ0) is 18.6. The van der Waals surface area contributed by atoms with Gasteiger partial charge in [0.05, 0.1) is 11.5 Å². The third-order valence-electron chi connectivity index (χ3n) is 4.68. The second-order valence-corrected chi connectivity index (χ2v) is 8.49. The Bertz CT molecular complexity index is 856. The molecule has 1 fully saturated rings. The fourth-order valence-electron chi connectivity index (χ4n) is 3.07. The van der Waals surface area contributed by atoms with E-state index in [1.807, 2.05) is 30.3 Å². The number of Topliss-reactive ketones (excluding diaryl/α,β-unsaturated/α-hetero) is 1. The van der Waals surface area contributed by atoms with Crippen LogP contribution < -0.4 is 4.74 Å². The van der Waals surface area contributed by atoms with Crippen molar-refractivity contribution in [2.24, 2.45) is 5.92 Å². The van der Waals surface area contributed by atoms with Crippen LogP contribution in [0.15, 0.2) is 59.5 Å². The van der Waals surface area contributed by atoms with Gasteiger partial charge in [0.2, 0.25) is 10.0 Å². The number of sulfonamides is 1. The van der Waals surface area contributed by atoms with E-state index in [4.69, 9.17) is 4.74 Å². The first kappa shape index (κ1) is 18.6. The maximum absolute atomic E-state index is 12.8. The molecule has 2 aromatic rings. The number of ketones is 1. The molecule has 0 bridgehead atoms. The van der Waals surface area contributed by atoms with Crippen LogP contribution in [0.2, 0.25) is 0 Å². The number of ether oxygens (including phenoxy) is 1. The zero-order valence-corrected chi connectivity index (χ0v) is 15.6. The molecule has 26 heavy (non-hydrogen) atoms. The van der Waals surface area contributed by atoms with Crippen molar-refractivity contribution < 1.29 is 17.9 Å². The minimum Gasteiger partial charge on any atom is -0.493 e. The predicted octanol–water partition coefficient (Wildman–Crippen LogP) is 3.37. The van der Waals surface area contributed by atoms with Gasteiger partial charge in [-0.05, 0) is 49.9 Å². The number of piperidine rings is 1. The van der Waals surface area contributed by atoms with Gasteiger partial charge in [0.25, 0.3) is 0 Å². The summed E-state index contributed by atoms with van der Waals surface area (Å²) < 4.78 is 33.0. The van der Waals surface area contributed by atoms with Gasteiger partial charge in [-0.1, -0.05) is 30.3 Å². The van der Waals surface area contributed by atoms with Crippen LogP contribution in [-0.2, 0) is 10.0 Å². The summed E-state index contributed by atoms with van der Waals surface area (Å²) in [5.41, 5.74) is 0.414. The molecule has 0 atom stereocenters. The van der Waals surface area contributed by atoms with Crippen LogP contribution in [0.4, 0.5) is 0 Å². The van der Waals surface area contributed by atoms with Crippen LogP contribution in [0.5, 0.6) is 5.75 Å². The van der Waals surface area contributed by atoms with E-state index in [2.05, 4.69) is 0 Å². The number of para-hydroxylation sites is 1. The molecule has 0 saturated carbocycles. The largest absolute Gasteiger partial charge is 0.493 e. The van der Waals surface area contributed by atoms with Gasteiger partial charge in [-0.15, -0.1) is 0 Å². The van der Waals surface area contributed by atoms with Gasteiger partial charge >= 0.3 is 0 Å². The number of benzene rings is 2. The van der Waals surface area contributed by atoms with Crippen molar-refractivity contribution in [3.63, 3.8) is 0 Å². The highest BCUT2D eigenvalue weighted by molar-refractivity contribution is 7.89. The number of hydrogen-bond donors (Lipinski definition) is 0. The summed E-state index contributed by atoms with van der Waals surface area (Å²) in [6.45, 7) is 2.96. The Hall–Kier alpha value is -2.18. The van der Waals surface area contributed by atoms with Crippen molar-refractivity contribution in [2.75, 3.05) is 19.7 Å². The van der Waals surface area contributed by atoms with Crippen LogP contribution in [-0.4, -0.2) is 38.2 Å². The van der Waals surface area contributed by atoms with Gasteiger partial charge in [-0.3, -0.25) is 4.79 Å². The smallest absolute Gasteiger partial charge is 0.243 e. The molecule has 0 unspecified atom stereocenters. The van der Waals surface area contributed by atoms with E-state index >= 15 is 0 Å². The third kappa shape index (κ3) is 4.31. The number of hydrogen-bond acceptors (Lipinski definition) is 4. The van der Waals surface area contributed by atoms with E-state index < -0.39 is 10.0 Å². The second-order valence-electron chi connectivity index (χ2n) is 6.56. The van der Waals surface area contributed by atoms with Gasteiger partial charge in [0.1, 0.15) is 5.75 Å². The Morgan fingerprint density at radius 1 is 1.08 bits per heavy atom. The first-order chi connectivity index (χ1) is 12.5. The fourth-order valence-corrected chi connectivity index (χ4v) is 4.59. The molecule has 138 valence electrons. The van der Waals surface area contributed by atoms with Crippen LogP contribution in [0.25, 0.3) is 0 Å². The summed E-state index contributed by atoms with van der Waals surface area (Å²) in [6.07, 6.45) is 1.52. The molecule has 0 aliphatic carbocycles. The van der Waals surface area contributed by atoms with E-state index in [9.17, 15) is 13.2 Å². The van der Waals surface area contributed by atoms with Crippen LogP contribution in [0.1, 0.15) is 30.1 Å². The summed E-state index contributed by atoms with van der Waals surface area (Å²) in [6, 6.07) is 15.9. The molecular formula is C20H23NO4S. The van der Waals surface area contributed by atoms with Crippen molar-refractivity contribution in [3.8, 4) is 5.75 Å². The van der Waals surface area contributed by atoms with Crippen molar-refractivity contribution in [1.82, 2.24) is 4.31 Å². The van der Waals surface area contributed by atoms with Gasteiger partial charge in [-0.2, -0.15) is 4.31 Å². The normalized spacial score (nSPS) is 16.3. The summed E-state index contributed by atoms with van der Waals surface area (Å²) in [7, 11) is -3.57. The molecular weight excluding hydrogens is 350 g/mol. The lowest BCUT2D eigenvalue weighted by Crippen LogP contribution is -2.39. The van der Waals surface area contributed by atoms with Gasteiger partial charge in [-0.25, -0.2) is 8.42 Å². The SMILES string of the molecule is CC(=O)c1cccc(S(=O)(=O)N2CCC(COc3ccccc3)CC2)c1. The van der Waals surface area contributed by atoms with Crippen molar-refractivity contribution in [2.45, 2.75) is 24.7 Å². The molecule has 0 aromatic heterocycles. The van der Waals surface area contributed by atoms with Crippen LogP contribution >= 0.6 is 0 Å². The van der Waals surface area contributed by atoms with E-state index in [0.29, 0.717) is 31.2 Å². The number of rotatable bonds is 6. The van der Waals surface area contributed by atoms with E-state index in [0.717, 1.165) is 18.6 Å². The molecule has 1 aliphatic rings. The van der Waals surface area contributed by atoms with E-state index in [-0.39, 0.29) is 10.7 Å². The maximum Gasteiger partial charge on any atom is 0.243 e. The Morgan fingerprint density at radius 2 is 1.77 bits per heavy atom. The molecule has 6 heteroatoms. The number of carbonyl (C=O) groups is 1. The Morgan fingerprint density at radius 3 is 2.42 bits per heavy atom. The lowest BCUT2D eigenvalue weighted by molar-refractivity contribution is 0.101. The first-order valence-corrected chi connectivity index (χ1v) is 10.2.